The third-order valence-electron chi connectivity index (χ3n) is 3.30. The van der Waals surface area contributed by atoms with Crippen LogP contribution in [0.3, 0.4) is 0 Å². The van der Waals surface area contributed by atoms with Gasteiger partial charge in [-0.1, -0.05) is 0 Å². The molecule has 29 heavy (non-hydrogen) atoms. The zero-order chi connectivity index (χ0) is 21.2. The van der Waals surface area contributed by atoms with Crippen molar-refractivity contribution in [2.75, 3.05) is 25.0 Å². The molecular formula is C17H16Br2N6O4. The van der Waals surface area contributed by atoms with Gasteiger partial charge in [0.15, 0.2) is 0 Å². The smallest absolute Gasteiger partial charge is 0.253 e. The number of hydrogen-bond donors (Lipinski definition) is 4. The average Bonchev–Trinajstić information content (AvgIpc) is 2.71. The first-order valence-electron chi connectivity index (χ1n) is 8.18. The number of rotatable bonds is 8. The fourth-order valence-electron chi connectivity index (χ4n) is 1.91. The molecule has 2 aromatic rings. The Bertz CT molecular complexity index is 890. The molecule has 0 saturated heterocycles. The highest BCUT2D eigenvalue weighted by Gasteiger charge is 2.11. The second-order valence-corrected chi connectivity index (χ2v) is 7.15. The molecule has 0 saturated carbocycles. The van der Waals surface area contributed by atoms with E-state index < -0.39 is 23.6 Å². The van der Waals surface area contributed by atoms with Crippen molar-refractivity contribution in [3.63, 3.8) is 0 Å². The lowest BCUT2D eigenvalue weighted by Crippen LogP contribution is -2.43. The lowest BCUT2D eigenvalue weighted by atomic mass is 10.3. The molecule has 0 fully saturated rings. The van der Waals surface area contributed by atoms with Crippen molar-refractivity contribution in [1.82, 2.24) is 25.9 Å². The van der Waals surface area contributed by atoms with Crippen molar-refractivity contribution in [3.05, 3.63) is 51.4 Å². The average molecular weight is 528 g/mol. The Hall–Kier alpha value is -2.86. The maximum absolute atomic E-state index is 11.9. The molecule has 0 aliphatic rings. The SMILES string of the molecule is O=C(CNC(=O)CNC(=O)c1ccc(Br)nc1)NCC(=O)Nc1ccc(Br)nc1. The zero-order valence-corrected chi connectivity index (χ0v) is 18.0. The van der Waals surface area contributed by atoms with Crippen molar-refractivity contribution < 1.29 is 19.2 Å². The quantitative estimate of drug-likeness (QED) is 0.370. The minimum absolute atomic E-state index is 0.266. The highest BCUT2D eigenvalue weighted by atomic mass is 79.9. The van der Waals surface area contributed by atoms with E-state index >= 15 is 0 Å². The van der Waals surface area contributed by atoms with Crippen LogP contribution in [0.4, 0.5) is 5.69 Å². The number of carbonyl (C=O) groups is 4. The van der Waals surface area contributed by atoms with Gasteiger partial charge >= 0.3 is 0 Å². The van der Waals surface area contributed by atoms with Gasteiger partial charge in [0, 0.05) is 6.20 Å². The number of aromatic nitrogens is 2. The molecule has 0 radical (unpaired) electrons. The monoisotopic (exact) mass is 526 g/mol. The van der Waals surface area contributed by atoms with Gasteiger partial charge in [-0.05, 0) is 56.1 Å². The van der Waals surface area contributed by atoms with Crippen LogP contribution in [0.5, 0.6) is 0 Å². The molecule has 0 aliphatic heterocycles. The Morgan fingerprint density at radius 3 is 1.83 bits per heavy atom. The number of anilines is 1. The van der Waals surface area contributed by atoms with Gasteiger partial charge in [0.1, 0.15) is 9.21 Å². The molecule has 152 valence electrons. The van der Waals surface area contributed by atoms with Gasteiger partial charge in [-0.3, -0.25) is 19.2 Å². The highest BCUT2D eigenvalue weighted by Crippen LogP contribution is 2.10. The molecule has 4 N–H and O–H groups in total. The molecule has 0 aliphatic carbocycles. The van der Waals surface area contributed by atoms with Gasteiger partial charge < -0.3 is 21.3 Å². The van der Waals surface area contributed by atoms with Gasteiger partial charge in [0.05, 0.1) is 37.1 Å². The molecule has 2 aromatic heterocycles. The maximum Gasteiger partial charge on any atom is 0.253 e. The number of nitrogens with one attached hydrogen (secondary N) is 4. The van der Waals surface area contributed by atoms with Crippen LogP contribution in [0.1, 0.15) is 10.4 Å². The van der Waals surface area contributed by atoms with Crippen LogP contribution in [0.2, 0.25) is 0 Å². The van der Waals surface area contributed by atoms with Crippen molar-refractivity contribution in [2.24, 2.45) is 0 Å². The largest absolute Gasteiger partial charge is 0.346 e. The molecule has 0 unspecified atom stereocenters. The third kappa shape index (κ3) is 8.35. The fraction of sp³-hybridized carbons (Fsp3) is 0.176. The van der Waals surface area contributed by atoms with Crippen molar-refractivity contribution in [1.29, 1.82) is 0 Å². The molecule has 0 atom stereocenters. The third-order valence-corrected chi connectivity index (χ3v) is 4.24. The zero-order valence-electron chi connectivity index (χ0n) is 14.9. The molecule has 10 nitrogen and oxygen atoms in total. The van der Waals surface area contributed by atoms with Crippen LogP contribution in [0.25, 0.3) is 0 Å². The summed E-state index contributed by atoms with van der Waals surface area (Å²) < 4.78 is 1.21. The number of hydrogen-bond acceptors (Lipinski definition) is 6. The number of nitrogens with zero attached hydrogens (tertiary/aromatic N) is 2. The first kappa shape index (κ1) is 22.4. The van der Waals surface area contributed by atoms with E-state index in [2.05, 4.69) is 63.1 Å². The van der Waals surface area contributed by atoms with E-state index in [-0.39, 0.29) is 19.6 Å². The molecule has 0 bridgehead atoms. The standard InChI is InChI=1S/C17H16Br2N6O4/c18-12-3-1-10(5-20-12)17(29)24-8-15(27)22-7-14(26)23-9-16(28)25-11-2-4-13(19)21-6-11/h1-6H,7-9H2,(H,22,27)(H,23,26)(H,24,29)(H,25,28). The minimum atomic E-state index is -0.552. The van der Waals surface area contributed by atoms with Crippen LogP contribution < -0.4 is 21.3 Å². The van der Waals surface area contributed by atoms with E-state index in [0.717, 1.165) is 0 Å². The van der Waals surface area contributed by atoms with Gasteiger partial charge in [-0.25, -0.2) is 9.97 Å². The van der Waals surface area contributed by atoms with Crippen LogP contribution in [-0.2, 0) is 14.4 Å². The molecule has 0 spiro atoms. The lowest BCUT2D eigenvalue weighted by molar-refractivity contribution is -0.126. The second-order valence-electron chi connectivity index (χ2n) is 5.52. The lowest BCUT2D eigenvalue weighted by Gasteiger charge is -2.08. The molecule has 2 rings (SSSR count). The maximum atomic E-state index is 11.9. The fourth-order valence-corrected chi connectivity index (χ4v) is 2.38. The Morgan fingerprint density at radius 1 is 0.724 bits per heavy atom. The highest BCUT2D eigenvalue weighted by molar-refractivity contribution is 9.10. The molecule has 2 heterocycles. The summed E-state index contributed by atoms with van der Waals surface area (Å²) in [5.74, 6) is -2.01. The van der Waals surface area contributed by atoms with E-state index in [0.29, 0.717) is 20.5 Å². The predicted octanol–water partition coefficient (Wildman–Crippen LogP) is 0.603. The Labute approximate surface area is 182 Å². The Balaban J connectivity index is 1.63. The van der Waals surface area contributed by atoms with Crippen molar-refractivity contribution in [2.45, 2.75) is 0 Å². The Morgan fingerprint density at radius 2 is 1.28 bits per heavy atom. The summed E-state index contributed by atoms with van der Waals surface area (Å²) in [6.45, 7) is -0.904. The van der Waals surface area contributed by atoms with Crippen molar-refractivity contribution >= 4 is 61.2 Å². The number of halogens is 2. The topological polar surface area (TPSA) is 142 Å². The minimum Gasteiger partial charge on any atom is -0.346 e. The van der Waals surface area contributed by atoms with E-state index in [9.17, 15) is 19.2 Å². The van der Waals surface area contributed by atoms with Crippen LogP contribution >= 0.6 is 31.9 Å². The van der Waals surface area contributed by atoms with Gasteiger partial charge in [-0.15, -0.1) is 0 Å². The first-order valence-corrected chi connectivity index (χ1v) is 9.76. The number of pyridine rings is 2. The van der Waals surface area contributed by atoms with E-state index in [4.69, 9.17) is 0 Å². The number of amides is 4. The number of carbonyl (C=O) groups excluding carboxylic acids is 4. The van der Waals surface area contributed by atoms with E-state index in [1.54, 1.807) is 24.3 Å². The predicted molar refractivity (Wildman–Crippen MR) is 111 cm³/mol. The molecular weight excluding hydrogens is 512 g/mol. The van der Waals surface area contributed by atoms with Crippen LogP contribution in [-0.4, -0.2) is 53.2 Å². The molecule has 4 amide bonds. The summed E-state index contributed by atoms with van der Waals surface area (Å²) >= 11 is 6.34. The summed E-state index contributed by atoms with van der Waals surface area (Å²) in [4.78, 5) is 55.0. The van der Waals surface area contributed by atoms with E-state index in [1.165, 1.54) is 12.4 Å². The van der Waals surface area contributed by atoms with Crippen LogP contribution in [0.15, 0.2) is 45.9 Å². The Kier molecular flexibility index (Phi) is 8.68. The van der Waals surface area contributed by atoms with Crippen LogP contribution in [0, 0.1) is 0 Å². The summed E-state index contributed by atoms with van der Waals surface area (Å²) in [7, 11) is 0. The summed E-state index contributed by atoms with van der Waals surface area (Å²) in [6, 6.07) is 6.46. The first-order chi connectivity index (χ1) is 13.8. The van der Waals surface area contributed by atoms with Gasteiger partial charge in [0.25, 0.3) is 5.91 Å². The normalized spacial score (nSPS) is 10.0. The summed E-state index contributed by atoms with van der Waals surface area (Å²) in [5, 5.41) is 9.69. The molecule has 0 aromatic carbocycles. The van der Waals surface area contributed by atoms with Gasteiger partial charge in [0.2, 0.25) is 17.7 Å². The molecule has 12 heteroatoms. The van der Waals surface area contributed by atoms with Gasteiger partial charge in [-0.2, -0.15) is 0 Å². The van der Waals surface area contributed by atoms with Crippen molar-refractivity contribution in [3.8, 4) is 0 Å². The summed E-state index contributed by atoms with van der Waals surface area (Å²) in [5.41, 5.74) is 0.781. The second kappa shape index (κ2) is 11.2. The summed E-state index contributed by atoms with van der Waals surface area (Å²) in [6.07, 6.45) is 2.82. The van der Waals surface area contributed by atoms with E-state index in [1.807, 2.05) is 0 Å².